The number of alkyl halides is 3. The Bertz CT molecular complexity index is 515. The van der Waals surface area contributed by atoms with E-state index in [1.807, 2.05) is 32.0 Å². The molecule has 1 aromatic rings. The van der Waals surface area contributed by atoms with Crippen LogP contribution in [0.25, 0.3) is 0 Å². The Morgan fingerprint density at radius 2 is 2.05 bits per heavy atom. The Balaban J connectivity index is 2.89. The lowest BCUT2D eigenvalue weighted by Gasteiger charge is -2.21. The lowest BCUT2D eigenvalue weighted by molar-refractivity contribution is -0.152. The fourth-order valence-corrected chi connectivity index (χ4v) is 1.88. The fourth-order valence-electron chi connectivity index (χ4n) is 1.88. The standard InChI is InChI=1S/C13H19F3N4O/c1-8-4-5-9(6-11(8)20(2)3)18-7-10(12(17)19-21)13(14,15)16/h4-6,10,18,21H,7H2,1-3H3,(H2,17,19). The summed E-state index contributed by atoms with van der Waals surface area (Å²) in [6, 6.07) is 5.24. The zero-order valence-corrected chi connectivity index (χ0v) is 12.1. The number of halogens is 3. The van der Waals surface area contributed by atoms with E-state index in [1.165, 1.54) is 0 Å². The van der Waals surface area contributed by atoms with E-state index in [0.717, 1.165) is 11.3 Å². The summed E-state index contributed by atoms with van der Waals surface area (Å²) in [4.78, 5) is 1.87. The highest BCUT2D eigenvalue weighted by atomic mass is 19.4. The van der Waals surface area contributed by atoms with E-state index in [4.69, 9.17) is 10.9 Å². The van der Waals surface area contributed by atoms with Crippen LogP contribution in [0.3, 0.4) is 0 Å². The van der Waals surface area contributed by atoms with Gasteiger partial charge in [-0.25, -0.2) is 0 Å². The number of nitrogens with zero attached hydrogens (tertiary/aromatic N) is 2. The SMILES string of the molecule is Cc1ccc(NCC(/C(N)=N/O)C(F)(F)F)cc1N(C)C. The minimum atomic E-state index is -4.58. The molecule has 0 aliphatic carbocycles. The van der Waals surface area contributed by atoms with Crippen molar-refractivity contribution in [2.24, 2.45) is 16.8 Å². The minimum Gasteiger partial charge on any atom is -0.409 e. The van der Waals surface area contributed by atoms with Crippen LogP contribution in [0, 0.1) is 12.8 Å². The largest absolute Gasteiger partial charge is 0.409 e. The predicted octanol–water partition coefficient (Wildman–Crippen LogP) is 2.40. The number of benzene rings is 1. The van der Waals surface area contributed by atoms with Gasteiger partial charge in [-0.15, -0.1) is 0 Å². The maximum atomic E-state index is 12.8. The third kappa shape index (κ3) is 4.44. The van der Waals surface area contributed by atoms with Crippen LogP contribution in [0.4, 0.5) is 24.5 Å². The van der Waals surface area contributed by atoms with Crippen LogP contribution < -0.4 is 16.0 Å². The van der Waals surface area contributed by atoms with Crippen molar-refractivity contribution in [1.82, 2.24) is 0 Å². The van der Waals surface area contributed by atoms with Gasteiger partial charge in [-0.2, -0.15) is 13.2 Å². The molecule has 0 aliphatic heterocycles. The van der Waals surface area contributed by atoms with Crippen molar-refractivity contribution in [2.75, 3.05) is 30.9 Å². The molecule has 118 valence electrons. The van der Waals surface area contributed by atoms with Crippen molar-refractivity contribution in [3.8, 4) is 0 Å². The number of nitrogens with one attached hydrogen (secondary N) is 1. The van der Waals surface area contributed by atoms with Crippen molar-refractivity contribution in [3.63, 3.8) is 0 Å². The maximum absolute atomic E-state index is 12.8. The molecule has 0 saturated carbocycles. The summed E-state index contributed by atoms with van der Waals surface area (Å²) in [6.07, 6.45) is -4.58. The van der Waals surface area contributed by atoms with Gasteiger partial charge in [0.25, 0.3) is 0 Å². The van der Waals surface area contributed by atoms with Crippen LogP contribution in [0.15, 0.2) is 23.4 Å². The number of amidine groups is 1. The van der Waals surface area contributed by atoms with Gasteiger partial charge < -0.3 is 21.2 Å². The Morgan fingerprint density at radius 1 is 1.43 bits per heavy atom. The number of nitrogens with two attached hydrogens (primary N) is 1. The number of hydrogen-bond donors (Lipinski definition) is 3. The summed E-state index contributed by atoms with van der Waals surface area (Å²) in [7, 11) is 3.70. The van der Waals surface area contributed by atoms with Gasteiger partial charge in [0, 0.05) is 32.0 Å². The average molecular weight is 304 g/mol. The van der Waals surface area contributed by atoms with E-state index in [1.54, 1.807) is 12.1 Å². The molecule has 0 aliphatic rings. The van der Waals surface area contributed by atoms with Crippen LogP contribution in [-0.4, -0.2) is 37.9 Å². The molecule has 0 amide bonds. The van der Waals surface area contributed by atoms with Gasteiger partial charge in [0.05, 0.1) is 0 Å². The summed E-state index contributed by atoms with van der Waals surface area (Å²) >= 11 is 0. The first-order valence-electron chi connectivity index (χ1n) is 6.22. The summed E-state index contributed by atoms with van der Waals surface area (Å²) < 4.78 is 38.4. The Labute approximate surface area is 121 Å². The monoisotopic (exact) mass is 304 g/mol. The third-order valence-corrected chi connectivity index (χ3v) is 3.07. The molecule has 1 atom stereocenters. The fraction of sp³-hybridized carbons (Fsp3) is 0.462. The van der Waals surface area contributed by atoms with Crippen LogP contribution in [-0.2, 0) is 0 Å². The van der Waals surface area contributed by atoms with Crippen molar-refractivity contribution in [1.29, 1.82) is 0 Å². The van der Waals surface area contributed by atoms with E-state index in [0.29, 0.717) is 5.69 Å². The highest BCUT2D eigenvalue weighted by molar-refractivity contribution is 5.83. The molecule has 0 heterocycles. The van der Waals surface area contributed by atoms with Crippen LogP contribution >= 0.6 is 0 Å². The minimum absolute atomic E-state index is 0.505. The molecule has 0 saturated heterocycles. The molecule has 8 heteroatoms. The lowest BCUT2D eigenvalue weighted by atomic mass is 10.1. The summed E-state index contributed by atoms with van der Waals surface area (Å²) in [5.41, 5.74) is 7.54. The Morgan fingerprint density at radius 3 is 2.52 bits per heavy atom. The zero-order chi connectivity index (χ0) is 16.2. The molecule has 0 fully saturated rings. The van der Waals surface area contributed by atoms with Crippen LogP contribution in [0.1, 0.15) is 5.56 Å². The molecular weight excluding hydrogens is 285 g/mol. The first-order valence-corrected chi connectivity index (χ1v) is 6.22. The summed E-state index contributed by atoms with van der Waals surface area (Å²) in [5, 5.41) is 13.6. The zero-order valence-electron chi connectivity index (χ0n) is 12.1. The van der Waals surface area contributed by atoms with Gasteiger partial charge in [0.15, 0.2) is 5.84 Å². The molecule has 21 heavy (non-hydrogen) atoms. The molecule has 1 unspecified atom stereocenters. The Hall–Kier alpha value is -2.12. The normalized spacial score (nSPS) is 13.9. The van der Waals surface area contributed by atoms with Crippen molar-refractivity contribution >= 4 is 17.2 Å². The van der Waals surface area contributed by atoms with Crippen molar-refractivity contribution < 1.29 is 18.4 Å². The third-order valence-electron chi connectivity index (χ3n) is 3.07. The molecule has 1 aromatic carbocycles. The van der Waals surface area contributed by atoms with E-state index in [2.05, 4.69) is 10.5 Å². The van der Waals surface area contributed by atoms with E-state index in [9.17, 15) is 13.2 Å². The number of rotatable bonds is 5. The second-order valence-electron chi connectivity index (χ2n) is 4.90. The van der Waals surface area contributed by atoms with Crippen molar-refractivity contribution in [2.45, 2.75) is 13.1 Å². The molecule has 5 nitrogen and oxygen atoms in total. The average Bonchev–Trinajstić information content (AvgIpc) is 2.38. The first-order chi connectivity index (χ1) is 9.66. The number of hydrogen-bond acceptors (Lipinski definition) is 4. The molecule has 0 bridgehead atoms. The summed E-state index contributed by atoms with van der Waals surface area (Å²) in [6.45, 7) is 1.41. The molecular formula is C13H19F3N4O. The smallest absolute Gasteiger partial charge is 0.400 e. The van der Waals surface area contributed by atoms with Crippen molar-refractivity contribution in [3.05, 3.63) is 23.8 Å². The van der Waals surface area contributed by atoms with E-state index >= 15 is 0 Å². The quantitative estimate of drug-likeness (QED) is 0.338. The summed E-state index contributed by atoms with van der Waals surface area (Å²) in [5.74, 6) is -2.92. The number of aryl methyl sites for hydroxylation is 1. The Kier molecular flexibility index (Phi) is 5.28. The van der Waals surface area contributed by atoms with E-state index < -0.39 is 24.5 Å². The van der Waals surface area contributed by atoms with Gasteiger partial charge in [0.2, 0.25) is 0 Å². The highest BCUT2D eigenvalue weighted by Crippen LogP contribution is 2.28. The van der Waals surface area contributed by atoms with Gasteiger partial charge in [-0.3, -0.25) is 0 Å². The second-order valence-corrected chi connectivity index (χ2v) is 4.90. The predicted molar refractivity (Wildman–Crippen MR) is 76.9 cm³/mol. The number of oxime groups is 1. The van der Waals surface area contributed by atoms with Gasteiger partial charge in [-0.05, 0) is 24.6 Å². The van der Waals surface area contributed by atoms with Gasteiger partial charge in [0.1, 0.15) is 5.92 Å². The van der Waals surface area contributed by atoms with Crippen LogP contribution in [0.5, 0.6) is 0 Å². The first kappa shape index (κ1) is 16.9. The molecule has 0 spiro atoms. The highest BCUT2D eigenvalue weighted by Gasteiger charge is 2.42. The molecule has 4 N–H and O–H groups in total. The molecule has 0 radical (unpaired) electrons. The van der Waals surface area contributed by atoms with Gasteiger partial charge >= 0.3 is 6.18 Å². The topological polar surface area (TPSA) is 73.9 Å². The second kappa shape index (κ2) is 6.55. The molecule has 1 rings (SSSR count). The van der Waals surface area contributed by atoms with Crippen LogP contribution in [0.2, 0.25) is 0 Å². The van der Waals surface area contributed by atoms with E-state index in [-0.39, 0.29) is 0 Å². The number of anilines is 2. The lowest BCUT2D eigenvalue weighted by Crippen LogP contribution is -2.40. The maximum Gasteiger partial charge on any atom is 0.400 e. The van der Waals surface area contributed by atoms with Gasteiger partial charge in [-0.1, -0.05) is 11.2 Å². The molecule has 0 aromatic heterocycles.